The van der Waals surface area contributed by atoms with Crippen LogP contribution in [0.5, 0.6) is 0 Å². The van der Waals surface area contributed by atoms with Gasteiger partial charge in [-0.05, 0) is 42.7 Å². The summed E-state index contributed by atoms with van der Waals surface area (Å²) in [6.45, 7) is 4.65. The molecule has 100 valence electrons. The Morgan fingerprint density at radius 3 is 2.79 bits per heavy atom. The van der Waals surface area contributed by atoms with Crippen LogP contribution in [-0.2, 0) is 13.0 Å². The Hall–Kier alpha value is -1.32. The van der Waals surface area contributed by atoms with Gasteiger partial charge in [0.25, 0.3) is 5.91 Å². The number of halogens is 1. The molecule has 1 N–H and O–H groups in total. The van der Waals surface area contributed by atoms with E-state index >= 15 is 0 Å². The van der Waals surface area contributed by atoms with Crippen molar-refractivity contribution in [3.63, 3.8) is 0 Å². The van der Waals surface area contributed by atoms with Crippen molar-refractivity contribution in [2.75, 3.05) is 0 Å². The lowest BCUT2D eigenvalue weighted by atomic mass is 10.2. The molecule has 2 rings (SSSR count). The fraction of sp³-hybridized carbons (Fsp3) is 0.267. The van der Waals surface area contributed by atoms with Crippen molar-refractivity contribution in [2.45, 2.75) is 26.8 Å². The van der Waals surface area contributed by atoms with Crippen molar-refractivity contribution in [3.05, 3.63) is 56.2 Å². The maximum absolute atomic E-state index is 12.1. The molecule has 1 heterocycles. The second-order valence-electron chi connectivity index (χ2n) is 4.38. The molecule has 1 aromatic carbocycles. The third kappa shape index (κ3) is 3.58. The van der Waals surface area contributed by atoms with Gasteiger partial charge in [0.1, 0.15) is 0 Å². The first-order valence-corrected chi connectivity index (χ1v) is 7.41. The van der Waals surface area contributed by atoms with Crippen molar-refractivity contribution < 1.29 is 4.79 Å². The second kappa shape index (κ2) is 6.22. The van der Waals surface area contributed by atoms with Crippen LogP contribution in [0.15, 0.2) is 30.3 Å². The lowest BCUT2D eigenvalue weighted by Crippen LogP contribution is -2.21. The van der Waals surface area contributed by atoms with Crippen molar-refractivity contribution in [2.24, 2.45) is 0 Å². The Kier molecular flexibility index (Phi) is 4.61. The van der Waals surface area contributed by atoms with Crippen LogP contribution in [0.2, 0.25) is 5.02 Å². The van der Waals surface area contributed by atoms with Crippen LogP contribution in [0, 0.1) is 6.92 Å². The van der Waals surface area contributed by atoms with Crippen LogP contribution in [0.3, 0.4) is 0 Å². The maximum atomic E-state index is 12.1. The van der Waals surface area contributed by atoms with Crippen molar-refractivity contribution in [3.8, 4) is 0 Å². The molecule has 0 unspecified atom stereocenters. The van der Waals surface area contributed by atoms with E-state index in [2.05, 4.69) is 12.2 Å². The fourth-order valence-electron chi connectivity index (χ4n) is 1.90. The average molecular weight is 294 g/mol. The number of rotatable bonds is 4. The highest BCUT2D eigenvalue weighted by Crippen LogP contribution is 2.22. The van der Waals surface area contributed by atoms with Gasteiger partial charge in [0.2, 0.25) is 0 Å². The van der Waals surface area contributed by atoms with Gasteiger partial charge in [-0.1, -0.05) is 30.7 Å². The maximum Gasteiger partial charge on any atom is 0.261 e. The van der Waals surface area contributed by atoms with Crippen LogP contribution in [0.4, 0.5) is 0 Å². The summed E-state index contributed by atoms with van der Waals surface area (Å²) in [5, 5.41) is 3.61. The van der Waals surface area contributed by atoms with Crippen molar-refractivity contribution in [1.82, 2.24) is 5.32 Å². The number of hydrogen-bond acceptors (Lipinski definition) is 2. The quantitative estimate of drug-likeness (QED) is 0.899. The molecule has 0 aliphatic rings. The second-order valence-corrected chi connectivity index (χ2v) is 5.96. The summed E-state index contributed by atoms with van der Waals surface area (Å²) in [5.41, 5.74) is 2.20. The number of nitrogens with one attached hydrogen (secondary N) is 1. The van der Waals surface area contributed by atoms with Crippen molar-refractivity contribution in [1.29, 1.82) is 0 Å². The number of thiophene rings is 1. The molecule has 0 bridgehead atoms. The first kappa shape index (κ1) is 14.1. The molecule has 2 aromatic rings. The van der Waals surface area contributed by atoms with Gasteiger partial charge in [0.15, 0.2) is 0 Å². The highest BCUT2D eigenvalue weighted by molar-refractivity contribution is 7.14. The van der Waals surface area contributed by atoms with Gasteiger partial charge in [-0.3, -0.25) is 4.79 Å². The Labute approximate surface area is 122 Å². The van der Waals surface area contributed by atoms with Gasteiger partial charge in [0, 0.05) is 16.4 Å². The van der Waals surface area contributed by atoms with E-state index < -0.39 is 0 Å². The number of carbonyl (C=O) groups excluding carboxylic acids is 1. The topological polar surface area (TPSA) is 29.1 Å². The third-order valence-electron chi connectivity index (χ3n) is 2.91. The lowest BCUT2D eigenvalue weighted by Gasteiger charge is -2.04. The van der Waals surface area contributed by atoms with E-state index in [1.54, 1.807) is 11.3 Å². The Balaban J connectivity index is 2.01. The molecule has 1 aromatic heterocycles. The predicted octanol–water partition coefficient (Wildman–Crippen LogP) is 4.20. The molecule has 0 radical (unpaired) electrons. The van der Waals surface area contributed by atoms with Gasteiger partial charge < -0.3 is 5.32 Å². The molecule has 0 saturated heterocycles. The largest absolute Gasteiger partial charge is 0.347 e. The Morgan fingerprint density at radius 1 is 1.37 bits per heavy atom. The van der Waals surface area contributed by atoms with Crippen LogP contribution in [0.1, 0.15) is 32.6 Å². The molecule has 0 aliphatic heterocycles. The summed E-state index contributed by atoms with van der Waals surface area (Å²) < 4.78 is 0. The average Bonchev–Trinajstić information content (AvgIpc) is 2.77. The molecule has 0 spiro atoms. The number of carbonyl (C=O) groups is 1. The molecule has 0 atom stereocenters. The molecule has 0 saturated carbocycles. The van der Waals surface area contributed by atoms with Crippen LogP contribution in [0.25, 0.3) is 0 Å². The summed E-state index contributed by atoms with van der Waals surface area (Å²) >= 11 is 7.48. The summed E-state index contributed by atoms with van der Waals surface area (Å²) in [6.07, 6.45) is 0.970. The molecule has 2 nitrogen and oxygen atoms in total. The van der Waals surface area contributed by atoms with Gasteiger partial charge in [0.05, 0.1) is 4.88 Å². The van der Waals surface area contributed by atoms with Gasteiger partial charge in [-0.15, -0.1) is 11.3 Å². The summed E-state index contributed by atoms with van der Waals surface area (Å²) in [4.78, 5) is 14.1. The first-order valence-electron chi connectivity index (χ1n) is 6.22. The normalized spacial score (nSPS) is 10.5. The van der Waals surface area contributed by atoms with E-state index in [9.17, 15) is 4.79 Å². The van der Waals surface area contributed by atoms with Crippen molar-refractivity contribution >= 4 is 28.8 Å². The molecular formula is C15H16ClNOS. The molecule has 4 heteroatoms. The zero-order chi connectivity index (χ0) is 13.8. The van der Waals surface area contributed by atoms with Gasteiger partial charge in [-0.25, -0.2) is 0 Å². The predicted molar refractivity (Wildman–Crippen MR) is 81.1 cm³/mol. The zero-order valence-corrected chi connectivity index (χ0v) is 12.6. The SMILES string of the molecule is CCc1sc(C(=O)NCc2cccc(Cl)c2)cc1C. The third-order valence-corrected chi connectivity index (χ3v) is 4.52. The minimum Gasteiger partial charge on any atom is -0.347 e. The van der Waals surface area contributed by atoms with Crippen LogP contribution >= 0.6 is 22.9 Å². The number of benzene rings is 1. The zero-order valence-electron chi connectivity index (χ0n) is 11.0. The summed E-state index contributed by atoms with van der Waals surface area (Å²) in [5.74, 6) is -0.0206. The summed E-state index contributed by atoms with van der Waals surface area (Å²) in [7, 11) is 0. The summed E-state index contributed by atoms with van der Waals surface area (Å²) in [6, 6.07) is 9.47. The molecule has 1 amide bonds. The van der Waals surface area contributed by atoms with E-state index in [0.717, 1.165) is 16.9 Å². The molecule has 0 aliphatic carbocycles. The highest BCUT2D eigenvalue weighted by atomic mass is 35.5. The molecule has 0 fully saturated rings. The number of amides is 1. The monoisotopic (exact) mass is 293 g/mol. The Bertz CT molecular complexity index is 592. The van der Waals surface area contributed by atoms with E-state index in [1.807, 2.05) is 37.3 Å². The minimum atomic E-state index is -0.0206. The van der Waals surface area contributed by atoms with E-state index in [1.165, 1.54) is 10.4 Å². The Morgan fingerprint density at radius 2 is 2.16 bits per heavy atom. The van der Waals surface area contributed by atoms with Gasteiger partial charge in [-0.2, -0.15) is 0 Å². The lowest BCUT2D eigenvalue weighted by molar-refractivity contribution is 0.0955. The van der Waals surface area contributed by atoms with Crippen LogP contribution in [-0.4, -0.2) is 5.91 Å². The highest BCUT2D eigenvalue weighted by Gasteiger charge is 2.11. The molecule has 19 heavy (non-hydrogen) atoms. The fourth-order valence-corrected chi connectivity index (χ4v) is 3.14. The van der Waals surface area contributed by atoms with E-state index in [0.29, 0.717) is 11.6 Å². The van der Waals surface area contributed by atoms with Crippen LogP contribution < -0.4 is 5.32 Å². The standard InChI is InChI=1S/C15H16ClNOS/c1-3-13-10(2)7-14(19-13)15(18)17-9-11-5-4-6-12(16)8-11/h4-8H,3,9H2,1-2H3,(H,17,18). The smallest absolute Gasteiger partial charge is 0.261 e. The number of hydrogen-bond donors (Lipinski definition) is 1. The van der Waals surface area contributed by atoms with E-state index in [-0.39, 0.29) is 5.91 Å². The molecular weight excluding hydrogens is 278 g/mol. The number of aryl methyl sites for hydroxylation is 2. The van der Waals surface area contributed by atoms with E-state index in [4.69, 9.17) is 11.6 Å². The van der Waals surface area contributed by atoms with Gasteiger partial charge >= 0.3 is 0 Å². The first-order chi connectivity index (χ1) is 9.10. The minimum absolute atomic E-state index is 0.0206.